The first-order chi connectivity index (χ1) is 8.67. The van der Waals surface area contributed by atoms with E-state index in [0.29, 0.717) is 4.31 Å². The van der Waals surface area contributed by atoms with Crippen molar-refractivity contribution in [2.75, 3.05) is 0 Å². The summed E-state index contributed by atoms with van der Waals surface area (Å²) < 4.78 is 25.5. The minimum atomic E-state index is -4.04. The standard InChI is InChI=1S/C12H14N2O4S/c1-8-4-6-9(7-5-8)19(17,18)14-11(16)13-10(15)12(14,2)3/h4-7H,1-3H3,(H,13,15,16). The second-order valence-electron chi connectivity index (χ2n) is 4.90. The molecular weight excluding hydrogens is 268 g/mol. The van der Waals surface area contributed by atoms with E-state index in [1.165, 1.54) is 26.0 Å². The number of imide groups is 1. The number of nitrogens with one attached hydrogen (secondary N) is 1. The maximum Gasteiger partial charge on any atom is 0.339 e. The first-order valence-electron chi connectivity index (χ1n) is 5.65. The minimum Gasteiger partial charge on any atom is -0.275 e. The van der Waals surface area contributed by atoms with Crippen LogP contribution >= 0.6 is 0 Å². The SMILES string of the molecule is Cc1ccc(S(=O)(=O)N2C(=O)NC(=O)C2(C)C)cc1. The first kappa shape index (κ1) is 13.5. The van der Waals surface area contributed by atoms with Crippen molar-refractivity contribution >= 4 is 22.0 Å². The van der Waals surface area contributed by atoms with Gasteiger partial charge in [0.25, 0.3) is 15.9 Å². The predicted molar refractivity (Wildman–Crippen MR) is 67.8 cm³/mol. The quantitative estimate of drug-likeness (QED) is 0.821. The van der Waals surface area contributed by atoms with Crippen molar-refractivity contribution in [1.82, 2.24) is 9.62 Å². The van der Waals surface area contributed by atoms with Crippen molar-refractivity contribution in [2.24, 2.45) is 0 Å². The topological polar surface area (TPSA) is 83.6 Å². The number of benzene rings is 1. The zero-order valence-corrected chi connectivity index (χ0v) is 11.6. The molecule has 19 heavy (non-hydrogen) atoms. The van der Waals surface area contributed by atoms with Crippen LogP contribution in [0.1, 0.15) is 19.4 Å². The van der Waals surface area contributed by atoms with E-state index in [1.54, 1.807) is 12.1 Å². The molecule has 102 valence electrons. The van der Waals surface area contributed by atoms with Gasteiger partial charge < -0.3 is 0 Å². The molecule has 1 heterocycles. The normalized spacial score (nSPS) is 18.6. The lowest BCUT2D eigenvalue weighted by Gasteiger charge is -2.26. The molecule has 3 amide bonds. The largest absolute Gasteiger partial charge is 0.339 e. The minimum absolute atomic E-state index is 0.0176. The zero-order valence-electron chi connectivity index (χ0n) is 10.8. The number of urea groups is 1. The Kier molecular flexibility index (Phi) is 2.89. The van der Waals surface area contributed by atoms with Crippen LogP contribution in [0.4, 0.5) is 4.79 Å². The van der Waals surface area contributed by atoms with Crippen LogP contribution in [0.15, 0.2) is 29.2 Å². The number of amides is 3. The fourth-order valence-electron chi connectivity index (χ4n) is 1.87. The van der Waals surface area contributed by atoms with E-state index in [1.807, 2.05) is 12.2 Å². The highest BCUT2D eigenvalue weighted by Gasteiger charge is 2.52. The summed E-state index contributed by atoms with van der Waals surface area (Å²) in [5, 5.41) is 2.01. The highest BCUT2D eigenvalue weighted by atomic mass is 32.2. The van der Waals surface area contributed by atoms with Crippen molar-refractivity contribution < 1.29 is 18.0 Å². The number of hydrogen-bond acceptors (Lipinski definition) is 4. The van der Waals surface area contributed by atoms with E-state index in [0.717, 1.165) is 5.56 Å². The first-order valence-corrected chi connectivity index (χ1v) is 7.09. The monoisotopic (exact) mass is 282 g/mol. The number of nitrogens with zero attached hydrogens (tertiary/aromatic N) is 1. The van der Waals surface area contributed by atoms with Gasteiger partial charge in [-0.1, -0.05) is 17.7 Å². The molecule has 0 atom stereocenters. The van der Waals surface area contributed by atoms with E-state index in [4.69, 9.17) is 0 Å². The van der Waals surface area contributed by atoms with Crippen LogP contribution in [0.25, 0.3) is 0 Å². The average molecular weight is 282 g/mol. The Morgan fingerprint density at radius 1 is 1.11 bits per heavy atom. The second-order valence-corrected chi connectivity index (χ2v) is 6.69. The Bertz CT molecular complexity index is 647. The van der Waals surface area contributed by atoms with Crippen LogP contribution in [0.2, 0.25) is 0 Å². The molecule has 1 aromatic carbocycles. The van der Waals surface area contributed by atoms with Gasteiger partial charge in [-0.3, -0.25) is 10.1 Å². The molecule has 0 aliphatic carbocycles. The molecule has 0 aromatic heterocycles. The van der Waals surface area contributed by atoms with E-state index in [9.17, 15) is 18.0 Å². The summed E-state index contributed by atoms with van der Waals surface area (Å²) in [6, 6.07) is 5.18. The fraction of sp³-hybridized carbons (Fsp3) is 0.333. The lowest BCUT2D eigenvalue weighted by molar-refractivity contribution is -0.124. The number of sulfonamides is 1. The molecule has 2 rings (SSSR count). The highest BCUT2D eigenvalue weighted by Crippen LogP contribution is 2.28. The van der Waals surface area contributed by atoms with Crippen LogP contribution in [-0.4, -0.2) is 30.2 Å². The summed E-state index contributed by atoms with van der Waals surface area (Å²) >= 11 is 0. The van der Waals surface area contributed by atoms with Gasteiger partial charge in [-0.15, -0.1) is 0 Å². The smallest absolute Gasteiger partial charge is 0.275 e. The van der Waals surface area contributed by atoms with E-state index >= 15 is 0 Å². The molecule has 1 N–H and O–H groups in total. The van der Waals surface area contributed by atoms with Gasteiger partial charge >= 0.3 is 6.03 Å². The molecule has 1 fully saturated rings. The van der Waals surface area contributed by atoms with Crippen molar-refractivity contribution in [2.45, 2.75) is 31.2 Å². The molecule has 6 nitrogen and oxygen atoms in total. The van der Waals surface area contributed by atoms with Gasteiger partial charge in [-0.2, -0.15) is 0 Å². The van der Waals surface area contributed by atoms with Crippen LogP contribution in [0, 0.1) is 6.92 Å². The summed E-state index contributed by atoms with van der Waals surface area (Å²) in [6.07, 6.45) is 0. The number of aryl methyl sites for hydroxylation is 1. The average Bonchev–Trinajstić information content (AvgIpc) is 2.48. The third-order valence-corrected chi connectivity index (χ3v) is 5.00. The molecule has 1 aliphatic rings. The third-order valence-electron chi connectivity index (χ3n) is 3.03. The summed E-state index contributed by atoms with van der Waals surface area (Å²) in [7, 11) is -4.04. The summed E-state index contributed by atoms with van der Waals surface area (Å²) in [6.45, 7) is 4.60. The molecule has 7 heteroatoms. The summed E-state index contributed by atoms with van der Waals surface area (Å²) in [5.74, 6) is -0.631. The number of rotatable bonds is 2. The van der Waals surface area contributed by atoms with Crippen LogP contribution in [0.5, 0.6) is 0 Å². The van der Waals surface area contributed by atoms with E-state index < -0.39 is 27.5 Å². The van der Waals surface area contributed by atoms with Crippen molar-refractivity contribution in [3.8, 4) is 0 Å². The molecule has 1 aromatic rings. The number of hydrogen-bond donors (Lipinski definition) is 1. The van der Waals surface area contributed by atoms with Crippen molar-refractivity contribution in [1.29, 1.82) is 0 Å². The summed E-state index contributed by atoms with van der Waals surface area (Å²) in [5.41, 5.74) is -0.527. The van der Waals surface area contributed by atoms with Crippen molar-refractivity contribution in [3.05, 3.63) is 29.8 Å². The molecule has 0 spiro atoms. The number of carbonyl (C=O) groups is 2. The van der Waals surface area contributed by atoms with Crippen LogP contribution in [0.3, 0.4) is 0 Å². The lowest BCUT2D eigenvalue weighted by atomic mass is 10.1. The van der Waals surface area contributed by atoms with Crippen LogP contribution in [-0.2, 0) is 14.8 Å². The lowest BCUT2D eigenvalue weighted by Crippen LogP contribution is -2.47. The van der Waals surface area contributed by atoms with Gasteiger partial charge in [-0.05, 0) is 32.9 Å². The van der Waals surface area contributed by atoms with Gasteiger partial charge in [0.1, 0.15) is 5.54 Å². The predicted octanol–water partition coefficient (Wildman–Crippen LogP) is 1.01. The Balaban J connectivity index is 2.54. The molecule has 0 radical (unpaired) electrons. The maximum absolute atomic E-state index is 12.4. The second kappa shape index (κ2) is 4.06. The van der Waals surface area contributed by atoms with Gasteiger partial charge in [0.15, 0.2) is 0 Å². The van der Waals surface area contributed by atoms with Gasteiger partial charge in [-0.25, -0.2) is 17.5 Å². The Labute approximate surface area is 111 Å². The Morgan fingerprint density at radius 3 is 2.05 bits per heavy atom. The van der Waals surface area contributed by atoms with Gasteiger partial charge in [0, 0.05) is 0 Å². The van der Waals surface area contributed by atoms with Gasteiger partial charge in [0.05, 0.1) is 4.90 Å². The maximum atomic E-state index is 12.4. The fourth-order valence-corrected chi connectivity index (χ4v) is 3.51. The zero-order chi connectivity index (χ0) is 14.4. The highest BCUT2D eigenvalue weighted by molar-refractivity contribution is 7.89. The van der Waals surface area contributed by atoms with E-state index in [2.05, 4.69) is 0 Å². The van der Waals surface area contributed by atoms with E-state index in [-0.39, 0.29) is 4.90 Å². The van der Waals surface area contributed by atoms with Crippen molar-refractivity contribution in [3.63, 3.8) is 0 Å². The Hall–Kier alpha value is -1.89. The molecule has 1 saturated heterocycles. The third kappa shape index (κ3) is 1.99. The molecule has 0 bridgehead atoms. The molecular formula is C12H14N2O4S. The van der Waals surface area contributed by atoms with Gasteiger partial charge in [0.2, 0.25) is 0 Å². The molecule has 0 saturated carbocycles. The van der Waals surface area contributed by atoms with Crippen LogP contribution < -0.4 is 5.32 Å². The molecule has 0 unspecified atom stereocenters. The molecule has 1 aliphatic heterocycles. The number of carbonyl (C=O) groups excluding carboxylic acids is 2. The Morgan fingerprint density at radius 2 is 1.63 bits per heavy atom. The summed E-state index contributed by atoms with van der Waals surface area (Å²) in [4.78, 5) is 23.3.